The number of fused-ring (bicyclic) bond motifs is 1. The fourth-order valence-electron chi connectivity index (χ4n) is 5.88. The SMILES string of the molecule is C[C@@H](CNC(=O)N1CC2C[C@@H]3CC1C[C@H](C2)C3)N1CCOC[C@@H]1C. The summed E-state index contributed by atoms with van der Waals surface area (Å²) in [5, 5.41) is 3.24. The van der Waals surface area contributed by atoms with Crippen LogP contribution >= 0.6 is 0 Å². The molecule has 2 unspecified atom stereocenters. The third-order valence-electron chi connectivity index (χ3n) is 6.90. The van der Waals surface area contributed by atoms with E-state index in [9.17, 15) is 4.79 Å². The molecule has 4 bridgehead atoms. The Morgan fingerprint density at radius 2 is 1.88 bits per heavy atom. The van der Waals surface area contributed by atoms with Crippen molar-refractivity contribution in [2.24, 2.45) is 17.8 Å². The van der Waals surface area contributed by atoms with Gasteiger partial charge in [0.15, 0.2) is 0 Å². The average Bonchev–Trinajstić information content (AvgIpc) is 2.76. The molecule has 0 aromatic rings. The molecule has 6 atom stereocenters. The summed E-state index contributed by atoms with van der Waals surface area (Å²) in [7, 11) is 0. The molecule has 0 radical (unpaired) electrons. The van der Waals surface area contributed by atoms with Gasteiger partial charge in [-0.3, -0.25) is 4.90 Å². The van der Waals surface area contributed by atoms with Crippen molar-refractivity contribution >= 4 is 6.03 Å². The molecule has 5 nitrogen and oxygen atoms in total. The zero-order valence-corrected chi connectivity index (χ0v) is 15.2. The van der Waals surface area contributed by atoms with E-state index in [0.29, 0.717) is 18.1 Å². The molecule has 5 fully saturated rings. The largest absolute Gasteiger partial charge is 0.379 e. The van der Waals surface area contributed by atoms with Gasteiger partial charge in [0.05, 0.1) is 13.2 Å². The number of carbonyl (C=O) groups is 1. The lowest BCUT2D eigenvalue weighted by Gasteiger charge is -2.39. The van der Waals surface area contributed by atoms with Crippen LogP contribution in [0.4, 0.5) is 4.79 Å². The number of nitrogens with zero attached hydrogens (tertiary/aromatic N) is 2. The molecule has 2 saturated carbocycles. The van der Waals surface area contributed by atoms with Gasteiger partial charge in [0.1, 0.15) is 0 Å². The molecule has 5 heteroatoms. The van der Waals surface area contributed by atoms with Crippen LogP contribution in [0.3, 0.4) is 0 Å². The van der Waals surface area contributed by atoms with Crippen molar-refractivity contribution in [1.82, 2.24) is 15.1 Å². The van der Waals surface area contributed by atoms with E-state index in [1.807, 2.05) is 0 Å². The smallest absolute Gasteiger partial charge is 0.317 e. The van der Waals surface area contributed by atoms with Crippen LogP contribution in [0.5, 0.6) is 0 Å². The number of amides is 2. The Labute approximate surface area is 146 Å². The molecule has 0 aromatic heterocycles. The van der Waals surface area contributed by atoms with Crippen LogP contribution in [-0.2, 0) is 4.74 Å². The summed E-state index contributed by atoms with van der Waals surface area (Å²) in [6.45, 7) is 8.74. The van der Waals surface area contributed by atoms with E-state index >= 15 is 0 Å². The van der Waals surface area contributed by atoms with Gasteiger partial charge in [-0.1, -0.05) is 0 Å². The summed E-state index contributed by atoms with van der Waals surface area (Å²) >= 11 is 0. The Bertz CT molecular complexity index is 458. The molecule has 5 aliphatic rings. The molecule has 2 aliphatic carbocycles. The number of morpholine rings is 1. The van der Waals surface area contributed by atoms with E-state index in [1.54, 1.807) is 0 Å². The van der Waals surface area contributed by atoms with E-state index in [4.69, 9.17) is 4.74 Å². The number of urea groups is 1. The maximum absolute atomic E-state index is 12.9. The van der Waals surface area contributed by atoms with Gasteiger partial charge in [0.2, 0.25) is 0 Å². The van der Waals surface area contributed by atoms with Crippen molar-refractivity contribution in [2.45, 2.75) is 64.1 Å². The zero-order valence-electron chi connectivity index (χ0n) is 15.2. The number of ether oxygens (including phenoxy) is 1. The highest BCUT2D eigenvalue weighted by Gasteiger charge is 2.44. The molecule has 3 aliphatic heterocycles. The minimum absolute atomic E-state index is 0.181. The van der Waals surface area contributed by atoms with Gasteiger partial charge in [-0.25, -0.2) is 4.79 Å². The van der Waals surface area contributed by atoms with E-state index in [0.717, 1.165) is 50.6 Å². The number of carbonyl (C=O) groups excluding carboxylic acids is 1. The van der Waals surface area contributed by atoms with Gasteiger partial charge in [-0.05, 0) is 63.7 Å². The molecular formula is C19H33N3O2. The van der Waals surface area contributed by atoms with Crippen LogP contribution in [0.25, 0.3) is 0 Å². The number of hydrogen-bond acceptors (Lipinski definition) is 3. The fourth-order valence-corrected chi connectivity index (χ4v) is 5.88. The summed E-state index contributed by atoms with van der Waals surface area (Å²) < 4.78 is 5.52. The van der Waals surface area contributed by atoms with Crippen molar-refractivity contribution in [3.8, 4) is 0 Å². The molecule has 0 spiro atoms. The van der Waals surface area contributed by atoms with Gasteiger partial charge in [0.25, 0.3) is 0 Å². The first-order chi connectivity index (χ1) is 11.6. The van der Waals surface area contributed by atoms with Crippen molar-refractivity contribution in [1.29, 1.82) is 0 Å². The van der Waals surface area contributed by atoms with Crippen LogP contribution in [-0.4, -0.2) is 66.8 Å². The van der Waals surface area contributed by atoms with Crippen molar-refractivity contribution in [2.75, 3.05) is 32.8 Å². The number of hydrogen-bond donors (Lipinski definition) is 1. The topological polar surface area (TPSA) is 44.8 Å². The first-order valence-corrected chi connectivity index (χ1v) is 9.98. The molecule has 0 aromatic carbocycles. The first-order valence-electron chi connectivity index (χ1n) is 9.98. The lowest BCUT2D eigenvalue weighted by atomic mass is 9.68. The molecule has 3 heterocycles. The Morgan fingerprint density at radius 1 is 1.17 bits per heavy atom. The summed E-state index contributed by atoms with van der Waals surface area (Å²) in [6, 6.07) is 1.49. The third kappa shape index (κ3) is 3.30. The van der Waals surface area contributed by atoms with E-state index in [1.165, 1.54) is 32.1 Å². The van der Waals surface area contributed by atoms with E-state index in [-0.39, 0.29) is 6.03 Å². The van der Waals surface area contributed by atoms with Gasteiger partial charge in [-0.15, -0.1) is 0 Å². The molecule has 136 valence electrons. The van der Waals surface area contributed by atoms with Gasteiger partial charge >= 0.3 is 6.03 Å². The maximum atomic E-state index is 12.9. The summed E-state index contributed by atoms with van der Waals surface area (Å²) in [6.07, 6.45) is 6.64. The second kappa shape index (κ2) is 6.83. The molecule has 5 rings (SSSR count). The number of rotatable bonds is 3. The van der Waals surface area contributed by atoms with Gasteiger partial charge < -0.3 is 15.0 Å². The van der Waals surface area contributed by atoms with Crippen LogP contribution in [0.1, 0.15) is 46.0 Å². The second-order valence-electron chi connectivity index (χ2n) is 8.78. The molecule has 3 saturated heterocycles. The molecule has 1 N–H and O–H groups in total. The Kier molecular flexibility index (Phi) is 4.74. The highest BCUT2D eigenvalue weighted by atomic mass is 16.5. The van der Waals surface area contributed by atoms with Crippen LogP contribution in [0, 0.1) is 17.8 Å². The summed E-state index contributed by atoms with van der Waals surface area (Å²) in [4.78, 5) is 17.5. The first kappa shape index (κ1) is 16.6. The quantitative estimate of drug-likeness (QED) is 0.861. The van der Waals surface area contributed by atoms with Gasteiger partial charge in [0, 0.05) is 37.8 Å². The highest BCUT2D eigenvalue weighted by Crippen LogP contribution is 2.47. The average molecular weight is 335 g/mol. The zero-order chi connectivity index (χ0) is 16.7. The Balaban J connectivity index is 1.33. The molecular weight excluding hydrogens is 302 g/mol. The van der Waals surface area contributed by atoms with Crippen molar-refractivity contribution in [3.05, 3.63) is 0 Å². The second-order valence-corrected chi connectivity index (χ2v) is 8.78. The molecule has 2 amide bonds. The Hall–Kier alpha value is -0.810. The van der Waals surface area contributed by atoms with Gasteiger partial charge in [-0.2, -0.15) is 0 Å². The van der Waals surface area contributed by atoms with E-state index in [2.05, 4.69) is 29.0 Å². The fraction of sp³-hybridized carbons (Fsp3) is 0.947. The highest BCUT2D eigenvalue weighted by molar-refractivity contribution is 5.74. The monoisotopic (exact) mass is 335 g/mol. The lowest BCUT2D eigenvalue weighted by molar-refractivity contribution is -0.0178. The standard InChI is InChI=1S/C19H33N3O2/c1-13(21-3-4-24-12-14(21)2)10-20-19(23)22-11-17-6-15-5-16(7-17)9-18(22)8-15/h13-18H,3-12H2,1-2H3,(H,20,23)/t13-,14-,15-,16+,17?,18?/m0/s1. The van der Waals surface area contributed by atoms with Crippen LogP contribution in [0.2, 0.25) is 0 Å². The van der Waals surface area contributed by atoms with Crippen molar-refractivity contribution in [3.63, 3.8) is 0 Å². The summed E-state index contributed by atoms with van der Waals surface area (Å²) in [5.74, 6) is 2.53. The summed E-state index contributed by atoms with van der Waals surface area (Å²) in [5.41, 5.74) is 0. The number of nitrogens with one attached hydrogen (secondary N) is 1. The van der Waals surface area contributed by atoms with Crippen molar-refractivity contribution < 1.29 is 9.53 Å². The third-order valence-corrected chi connectivity index (χ3v) is 6.90. The van der Waals surface area contributed by atoms with Crippen LogP contribution in [0.15, 0.2) is 0 Å². The van der Waals surface area contributed by atoms with E-state index < -0.39 is 0 Å². The predicted octanol–water partition coefficient (Wildman–Crippen LogP) is 2.32. The Morgan fingerprint density at radius 3 is 2.58 bits per heavy atom. The minimum Gasteiger partial charge on any atom is -0.379 e. The minimum atomic E-state index is 0.181. The predicted molar refractivity (Wildman–Crippen MR) is 93.9 cm³/mol. The maximum Gasteiger partial charge on any atom is 0.317 e. The lowest BCUT2D eigenvalue weighted by Crippen LogP contribution is -2.54. The molecule has 24 heavy (non-hydrogen) atoms. The van der Waals surface area contributed by atoms with Crippen LogP contribution < -0.4 is 5.32 Å². The normalized spacial score (nSPS) is 40.4.